The first-order valence-corrected chi connectivity index (χ1v) is 11.6. The van der Waals surface area contributed by atoms with Crippen LogP contribution in [0.25, 0.3) is 21.7 Å². The molecule has 5 heteroatoms. The molecule has 0 N–H and O–H groups in total. The summed E-state index contributed by atoms with van der Waals surface area (Å²) in [6, 6.07) is 13.7. The molecule has 0 spiro atoms. The molecule has 0 saturated heterocycles. The van der Waals surface area contributed by atoms with E-state index in [2.05, 4.69) is 19.9 Å². The molecule has 0 amide bonds. The molecule has 166 valence electrons. The van der Waals surface area contributed by atoms with Gasteiger partial charge in [0.05, 0.1) is 17.2 Å². The number of hydrogen-bond acceptors (Lipinski definition) is 3. The Balaban J connectivity index is 1.79. The Labute approximate surface area is 188 Å². The van der Waals surface area contributed by atoms with Crippen LogP contribution in [0.4, 0.5) is 0 Å². The van der Waals surface area contributed by atoms with Crippen molar-refractivity contribution in [3.63, 3.8) is 0 Å². The van der Waals surface area contributed by atoms with E-state index < -0.39 is 0 Å². The first kappa shape index (κ1) is 22.0. The van der Waals surface area contributed by atoms with Gasteiger partial charge in [-0.3, -0.25) is 14.2 Å². The summed E-state index contributed by atoms with van der Waals surface area (Å²) in [6.45, 7) is 4.31. The highest BCUT2D eigenvalue weighted by Gasteiger charge is 2.15. The molecule has 0 aliphatic carbocycles. The van der Waals surface area contributed by atoms with Gasteiger partial charge < -0.3 is 4.57 Å². The first-order valence-electron chi connectivity index (χ1n) is 11.6. The van der Waals surface area contributed by atoms with Crippen LogP contribution in [0.1, 0.15) is 63.1 Å². The second-order valence-electron chi connectivity index (χ2n) is 8.80. The van der Waals surface area contributed by atoms with Crippen molar-refractivity contribution >= 4 is 21.7 Å². The van der Waals surface area contributed by atoms with Crippen molar-refractivity contribution in [2.75, 3.05) is 0 Å². The summed E-state index contributed by atoms with van der Waals surface area (Å²) in [5.74, 6) is 0. The summed E-state index contributed by atoms with van der Waals surface area (Å²) in [4.78, 5) is 30.0. The SMILES string of the molecule is CCCCCCC(C)n1cnc2c(cc(Cc3ccc(=O)n(C)c3)c3ccccc32)c1=O. The summed E-state index contributed by atoms with van der Waals surface area (Å²) >= 11 is 0. The van der Waals surface area contributed by atoms with E-state index in [1.807, 2.05) is 36.5 Å². The monoisotopic (exact) mass is 429 g/mol. The average molecular weight is 430 g/mol. The smallest absolute Gasteiger partial charge is 0.261 e. The predicted molar refractivity (Wildman–Crippen MR) is 131 cm³/mol. The van der Waals surface area contributed by atoms with Crippen molar-refractivity contribution in [3.05, 3.63) is 86.8 Å². The lowest BCUT2D eigenvalue weighted by Crippen LogP contribution is -2.24. The van der Waals surface area contributed by atoms with Crippen molar-refractivity contribution in [2.45, 2.75) is 58.4 Å². The van der Waals surface area contributed by atoms with E-state index in [-0.39, 0.29) is 17.2 Å². The van der Waals surface area contributed by atoms with Gasteiger partial charge in [0.25, 0.3) is 5.56 Å². The maximum atomic E-state index is 13.5. The maximum absolute atomic E-state index is 13.5. The molecule has 2 aromatic carbocycles. The van der Waals surface area contributed by atoms with Crippen molar-refractivity contribution in [1.82, 2.24) is 14.1 Å². The third kappa shape index (κ3) is 4.38. The number of fused-ring (bicyclic) bond motifs is 3. The molecule has 0 saturated carbocycles. The van der Waals surface area contributed by atoms with Gasteiger partial charge in [-0.05, 0) is 42.3 Å². The van der Waals surface area contributed by atoms with E-state index in [0.717, 1.165) is 40.3 Å². The molecule has 2 aromatic heterocycles. The van der Waals surface area contributed by atoms with Crippen molar-refractivity contribution in [1.29, 1.82) is 0 Å². The Hall–Kier alpha value is -3.21. The van der Waals surface area contributed by atoms with Crippen LogP contribution < -0.4 is 11.1 Å². The molecule has 0 radical (unpaired) electrons. The van der Waals surface area contributed by atoms with Gasteiger partial charge in [-0.1, -0.05) is 62.9 Å². The Bertz CT molecular complexity index is 1370. The van der Waals surface area contributed by atoms with Gasteiger partial charge in [-0.2, -0.15) is 0 Å². The van der Waals surface area contributed by atoms with Gasteiger partial charge in [-0.25, -0.2) is 4.98 Å². The van der Waals surface area contributed by atoms with Crippen LogP contribution in [0.15, 0.2) is 64.6 Å². The van der Waals surface area contributed by atoms with Gasteiger partial charge in [0.15, 0.2) is 0 Å². The van der Waals surface area contributed by atoms with Gasteiger partial charge in [0.2, 0.25) is 5.56 Å². The highest BCUT2D eigenvalue weighted by molar-refractivity contribution is 6.06. The lowest BCUT2D eigenvalue weighted by molar-refractivity contribution is 0.459. The number of benzene rings is 2. The summed E-state index contributed by atoms with van der Waals surface area (Å²) < 4.78 is 3.38. The highest BCUT2D eigenvalue weighted by atomic mass is 16.1. The van der Waals surface area contributed by atoms with Crippen LogP contribution in [0.3, 0.4) is 0 Å². The largest absolute Gasteiger partial charge is 0.318 e. The second kappa shape index (κ2) is 9.51. The molecule has 5 nitrogen and oxygen atoms in total. The van der Waals surface area contributed by atoms with E-state index in [1.54, 1.807) is 28.6 Å². The number of aryl methyl sites for hydroxylation is 1. The zero-order chi connectivity index (χ0) is 22.7. The van der Waals surface area contributed by atoms with E-state index in [4.69, 9.17) is 4.98 Å². The minimum atomic E-state index is -0.0304. The summed E-state index contributed by atoms with van der Waals surface area (Å²) in [5.41, 5.74) is 2.84. The highest BCUT2D eigenvalue weighted by Crippen LogP contribution is 2.28. The third-order valence-electron chi connectivity index (χ3n) is 6.37. The summed E-state index contributed by atoms with van der Waals surface area (Å²) in [5, 5.41) is 2.74. The number of nitrogens with zero attached hydrogens (tertiary/aromatic N) is 3. The molecule has 2 heterocycles. The molecule has 4 aromatic rings. The molecule has 0 aliphatic heterocycles. The number of aromatic nitrogens is 3. The second-order valence-corrected chi connectivity index (χ2v) is 8.80. The molecule has 32 heavy (non-hydrogen) atoms. The molecule has 1 unspecified atom stereocenters. The van der Waals surface area contributed by atoms with Gasteiger partial charge >= 0.3 is 0 Å². The fourth-order valence-electron chi connectivity index (χ4n) is 4.49. The Morgan fingerprint density at radius 2 is 1.75 bits per heavy atom. The van der Waals surface area contributed by atoms with Crippen LogP contribution in [-0.2, 0) is 13.5 Å². The van der Waals surface area contributed by atoms with E-state index in [9.17, 15) is 9.59 Å². The normalized spacial score (nSPS) is 12.5. The van der Waals surface area contributed by atoms with Crippen LogP contribution in [0.5, 0.6) is 0 Å². The van der Waals surface area contributed by atoms with E-state index >= 15 is 0 Å². The molecule has 4 rings (SSSR count). The van der Waals surface area contributed by atoms with E-state index in [1.165, 1.54) is 19.3 Å². The number of rotatable bonds is 8. The first-order chi connectivity index (χ1) is 15.5. The fourth-order valence-corrected chi connectivity index (χ4v) is 4.49. The van der Waals surface area contributed by atoms with Gasteiger partial charge in [0, 0.05) is 30.7 Å². The average Bonchev–Trinajstić information content (AvgIpc) is 2.80. The molecular weight excluding hydrogens is 398 g/mol. The standard InChI is InChI=1S/C27H31N3O2/c1-4-5-6-7-10-19(2)30-18-28-26-23-12-9-8-11-22(23)21(16-24(26)27(30)32)15-20-13-14-25(31)29(3)17-20/h8-9,11-14,16-19H,4-7,10,15H2,1-3H3. The van der Waals surface area contributed by atoms with Crippen molar-refractivity contribution in [3.8, 4) is 0 Å². The van der Waals surface area contributed by atoms with Crippen LogP contribution in [-0.4, -0.2) is 14.1 Å². The topological polar surface area (TPSA) is 56.9 Å². The molecule has 0 fully saturated rings. The predicted octanol–water partition coefficient (Wildman–Crippen LogP) is 5.37. The van der Waals surface area contributed by atoms with Gasteiger partial charge in [0.1, 0.15) is 0 Å². The lowest BCUT2D eigenvalue weighted by Gasteiger charge is -2.17. The third-order valence-corrected chi connectivity index (χ3v) is 6.37. The van der Waals surface area contributed by atoms with Crippen molar-refractivity contribution < 1.29 is 0 Å². The number of pyridine rings is 1. The Kier molecular flexibility index (Phi) is 6.54. The van der Waals surface area contributed by atoms with E-state index in [0.29, 0.717) is 11.8 Å². The quantitative estimate of drug-likeness (QED) is 0.279. The maximum Gasteiger partial charge on any atom is 0.261 e. The minimum Gasteiger partial charge on any atom is -0.318 e. The van der Waals surface area contributed by atoms with Crippen LogP contribution in [0.2, 0.25) is 0 Å². The number of unbranched alkanes of at least 4 members (excludes halogenated alkanes) is 3. The minimum absolute atomic E-state index is 0.0189. The zero-order valence-corrected chi connectivity index (χ0v) is 19.2. The number of hydrogen-bond donors (Lipinski definition) is 0. The Morgan fingerprint density at radius 3 is 2.50 bits per heavy atom. The zero-order valence-electron chi connectivity index (χ0n) is 19.2. The Morgan fingerprint density at radius 1 is 0.969 bits per heavy atom. The van der Waals surface area contributed by atoms with Crippen LogP contribution >= 0.6 is 0 Å². The lowest BCUT2D eigenvalue weighted by atomic mass is 9.96. The summed E-state index contributed by atoms with van der Waals surface area (Å²) in [7, 11) is 1.76. The fraction of sp³-hybridized carbons (Fsp3) is 0.370. The molecule has 0 bridgehead atoms. The van der Waals surface area contributed by atoms with Crippen molar-refractivity contribution in [2.24, 2.45) is 7.05 Å². The molecule has 1 atom stereocenters. The molecular formula is C27H31N3O2. The van der Waals surface area contributed by atoms with Crippen LogP contribution in [0, 0.1) is 0 Å². The van der Waals surface area contributed by atoms with Gasteiger partial charge in [-0.15, -0.1) is 0 Å². The summed E-state index contributed by atoms with van der Waals surface area (Å²) in [6.07, 6.45) is 9.96. The molecule has 0 aliphatic rings.